The van der Waals surface area contributed by atoms with Crippen molar-refractivity contribution in [2.24, 2.45) is 0 Å². The van der Waals surface area contributed by atoms with Crippen LogP contribution in [0.25, 0.3) is 78.6 Å². The van der Waals surface area contributed by atoms with Crippen molar-refractivity contribution >= 4 is 39.0 Å². The van der Waals surface area contributed by atoms with Crippen molar-refractivity contribution in [2.45, 2.75) is 0 Å². The predicted molar refractivity (Wildman–Crippen MR) is 171 cm³/mol. The van der Waals surface area contributed by atoms with Crippen LogP contribution in [0.15, 0.2) is 144 Å². The molecule has 43 heavy (non-hydrogen) atoms. The second kappa shape index (κ2) is 9.26. The van der Waals surface area contributed by atoms with E-state index in [1.807, 2.05) is 54.6 Å². The molecule has 9 aromatic rings. The van der Waals surface area contributed by atoms with E-state index in [9.17, 15) is 0 Å². The number of nitrogens with zero attached hydrogens (tertiary/aromatic N) is 5. The van der Waals surface area contributed by atoms with E-state index in [0.717, 1.165) is 67.1 Å². The number of benzene rings is 5. The Morgan fingerprint density at radius 1 is 0.512 bits per heavy atom. The number of para-hydroxylation sites is 3. The van der Waals surface area contributed by atoms with Crippen LogP contribution in [0.1, 0.15) is 0 Å². The Morgan fingerprint density at radius 2 is 1.14 bits per heavy atom. The summed E-state index contributed by atoms with van der Waals surface area (Å²) in [7, 11) is 0. The highest BCUT2D eigenvalue weighted by Crippen LogP contribution is 2.35. The normalized spacial score (nSPS) is 11.7. The number of hydrogen-bond acceptors (Lipinski definition) is 4. The molecule has 9 rings (SSSR count). The van der Waals surface area contributed by atoms with Crippen LogP contribution in [0.5, 0.6) is 0 Å². The van der Waals surface area contributed by atoms with E-state index in [4.69, 9.17) is 19.4 Å². The Hall–Kier alpha value is -6.01. The molecule has 0 saturated heterocycles. The molecule has 0 atom stereocenters. The highest BCUT2D eigenvalue weighted by Gasteiger charge is 2.21. The molecule has 0 N–H and O–H groups in total. The Kier molecular flexibility index (Phi) is 5.10. The maximum Gasteiger partial charge on any atom is 0.248 e. The van der Waals surface area contributed by atoms with E-state index in [1.165, 1.54) is 0 Å². The summed E-state index contributed by atoms with van der Waals surface area (Å²) in [6.45, 7) is 0. The molecule has 4 aromatic heterocycles. The third-order valence-corrected chi connectivity index (χ3v) is 7.97. The molecule has 4 heterocycles. The molecule has 202 valence electrons. The number of hydrogen-bond donors (Lipinski definition) is 0. The summed E-state index contributed by atoms with van der Waals surface area (Å²) >= 11 is 0. The molecule has 0 aliphatic carbocycles. The lowest BCUT2D eigenvalue weighted by Gasteiger charge is -2.11. The lowest BCUT2D eigenvalue weighted by Crippen LogP contribution is -1.98. The van der Waals surface area contributed by atoms with Crippen molar-refractivity contribution in [3.8, 4) is 39.6 Å². The lowest BCUT2D eigenvalue weighted by atomic mass is 10.1. The topological polar surface area (TPSA) is 61.2 Å². The van der Waals surface area contributed by atoms with Gasteiger partial charge in [0.1, 0.15) is 11.1 Å². The largest absolute Gasteiger partial charge is 0.436 e. The number of rotatable bonds is 4. The lowest BCUT2D eigenvalue weighted by molar-refractivity contribution is 0.656. The van der Waals surface area contributed by atoms with Gasteiger partial charge in [0, 0.05) is 27.8 Å². The Balaban J connectivity index is 1.27. The highest BCUT2D eigenvalue weighted by molar-refractivity contribution is 6.05. The number of imidazole rings is 2. The van der Waals surface area contributed by atoms with E-state index in [2.05, 4.69) is 93.9 Å². The summed E-state index contributed by atoms with van der Waals surface area (Å²) < 4.78 is 10.6. The first kappa shape index (κ1) is 23.7. The van der Waals surface area contributed by atoms with Crippen molar-refractivity contribution in [1.82, 2.24) is 23.9 Å². The maximum absolute atomic E-state index is 6.17. The van der Waals surface area contributed by atoms with Gasteiger partial charge in [-0.2, -0.15) is 4.98 Å². The third kappa shape index (κ3) is 3.70. The number of furan rings is 1. The van der Waals surface area contributed by atoms with Crippen LogP contribution in [-0.2, 0) is 0 Å². The molecular weight excluding hydrogens is 530 g/mol. The monoisotopic (exact) mass is 553 g/mol. The first-order chi connectivity index (χ1) is 21.3. The summed E-state index contributed by atoms with van der Waals surface area (Å²) in [5.41, 5.74) is 10.3. The quantitative estimate of drug-likeness (QED) is 0.218. The molecule has 0 amide bonds. The summed E-state index contributed by atoms with van der Waals surface area (Å²) in [5, 5.41) is 1.04. The van der Waals surface area contributed by atoms with Gasteiger partial charge < -0.3 is 4.42 Å². The maximum atomic E-state index is 6.17. The fourth-order valence-corrected chi connectivity index (χ4v) is 6.01. The van der Waals surface area contributed by atoms with Gasteiger partial charge in [0.05, 0.1) is 22.4 Å². The molecule has 5 aromatic carbocycles. The van der Waals surface area contributed by atoms with Crippen molar-refractivity contribution in [2.75, 3.05) is 0 Å². The van der Waals surface area contributed by atoms with E-state index >= 15 is 0 Å². The van der Waals surface area contributed by atoms with E-state index in [0.29, 0.717) is 11.5 Å². The average Bonchev–Trinajstić information content (AvgIpc) is 3.72. The molecule has 6 heteroatoms. The van der Waals surface area contributed by atoms with Gasteiger partial charge in [-0.25, -0.2) is 9.97 Å². The van der Waals surface area contributed by atoms with Crippen molar-refractivity contribution in [3.63, 3.8) is 0 Å². The Morgan fingerprint density at radius 3 is 1.88 bits per heavy atom. The van der Waals surface area contributed by atoms with Crippen LogP contribution >= 0.6 is 0 Å². The standard InChI is InChI=1S/C37H23N5O/c1-3-12-24(13-4-1)29-23-30(25-14-5-2-6-15-25)39-35(38-29)26-16-11-17-27(22-26)41-31-19-8-9-20-32(31)42-34-28-18-7-10-21-33(28)43-36(34)40-37(41)42/h1-23H. The minimum Gasteiger partial charge on any atom is -0.436 e. The van der Waals surface area contributed by atoms with Gasteiger partial charge in [0.25, 0.3) is 0 Å². The Bertz CT molecular complexity index is 2400. The SMILES string of the molecule is c1ccc(-c2cc(-c3ccccc3)nc(-c3cccc(-n4c5ccccc5n5c6c(nc45)oc4ccccc46)c3)n2)cc1. The predicted octanol–water partition coefficient (Wildman–Crippen LogP) is 8.97. The van der Waals surface area contributed by atoms with Crippen LogP contribution in [0.4, 0.5) is 0 Å². The summed E-state index contributed by atoms with van der Waals surface area (Å²) in [6.07, 6.45) is 0. The molecule has 6 nitrogen and oxygen atoms in total. The van der Waals surface area contributed by atoms with Crippen LogP contribution in [0, 0.1) is 0 Å². The van der Waals surface area contributed by atoms with Gasteiger partial charge in [-0.3, -0.25) is 8.97 Å². The molecule has 0 aliphatic heterocycles. The van der Waals surface area contributed by atoms with Crippen LogP contribution < -0.4 is 0 Å². The van der Waals surface area contributed by atoms with Crippen LogP contribution in [0.3, 0.4) is 0 Å². The molecule has 0 fully saturated rings. The van der Waals surface area contributed by atoms with Gasteiger partial charge in [-0.15, -0.1) is 0 Å². The smallest absolute Gasteiger partial charge is 0.248 e. The molecular formula is C37H23N5O. The van der Waals surface area contributed by atoms with Crippen LogP contribution in [-0.4, -0.2) is 23.9 Å². The summed E-state index contributed by atoms with van der Waals surface area (Å²) in [6, 6.07) is 47.4. The van der Waals surface area contributed by atoms with Crippen molar-refractivity contribution < 1.29 is 4.42 Å². The second-order valence-electron chi connectivity index (χ2n) is 10.6. The van der Waals surface area contributed by atoms with Gasteiger partial charge in [0.2, 0.25) is 11.5 Å². The van der Waals surface area contributed by atoms with Gasteiger partial charge >= 0.3 is 0 Å². The first-order valence-corrected chi connectivity index (χ1v) is 14.2. The Labute approximate surface area is 246 Å². The molecule has 0 radical (unpaired) electrons. The minimum atomic E-state index is 0.623. The highest BCUT2D eigenvalue weighted by atomic mass is 16.3. The van der Waals surface area contributed by atoms with E-state index in [-0.39, 0.29) is 0 Å². The zero-order valence-corrected chi connectivity index (χ0v) is 22.9. The van der Waals surface area contributed by atoms with E-state index < -0.39 is 0 Å². The number of fused-ring (bicyclic) bond motifs is 7. The van der Waals surface area contributed by atoms with Gasteiger partial charge in [-0.1, -0.05) is 97.1 Å². The molecule has 0 spiro atoms. The average molecular weight is 554 g/mol. The summed E-state index contributed by atoms with van der Waals surface area (Å²) in [5.74, 6) is 1.46. The fraction of sp³-hybridized carbons (Fsp3) is 0. The van der Waals surface area contributed by atoms with Gasteiger partial charge in [-0.05, 0) is 42.5 Å². The van der Waals surface area contributed by atoms with Crippen molar-refractivity contribution in [1.29, 1.82) is 0 Å². The molecule has 0 bridgehead atoms. The summed E-state index contributed by atoms with van der Waals surface area (Å²) in [4.78, 5) is 15.1. The zero-order chi connectivity index (χ0) is 28.3. The van der Waals surface area contributed by atoms with Crippen LogP contribution in [0.2, 0.25) is 0 Å². The number of aromatic nitrogens is 5. The molecule has 0 aliphatic rings. The second-order valence-corrected chi connectivity index (χ2v) is 10.6. The minimum absolute atomic E-state index is 0.623. The van der Waals surface area contributed by atoms with Gasteiger partial charge in [0.15, 0.2) is 5.82 Å². The van der Waals surface area contributed by atoms with Crippen molar-refractivity contribution in [3.05, 3.63) is 140 Å². The van der Waals surface area contributed by atoms with E-state index in [1.54, 1.807) is 0 Å². The third-order valence-electron chi connectivity index (χ3n) is 7.97. The first-order valence-electron chi connectivity index (χ1n) is 14.2. The zero-order valence-electron chi connectivity index (χ0n) is 22.9. The molecule has 0 unspecified atom stereocenters. The molecule has 0 saturated carbocycles. The fourth-order valence-electron chi connectivity index (χ4n) is 6.01.